The van der Waals surface area contributed by atoms with Gasteiger partial charge in [-0.2, -0.15) is 15.2 Å². The summed E-state index contributed by atoms with van der Waals surface area (Å²) < 4.78 is 52.2. The minimum absolute atomic E-state index is 0.00984. The van der Waals surface area contributed by atoms with E-state index in [2.05, 4.69) is 10.2 Å². The van der Waals surface area contributed by atoms with Gasteiger partial charge in [-0.3, -0.25) is 9.48 Å². The summed E-state index contributed by atoms with van der Waals surface area (Å²) in [7, 11) is 0. The fourth-order valence-corrected chi connectivity index (χ4v) is 2.08. The molecule has 22 heavy (non-hydrogen) atoms. The van der Waals surface area contributed by atoms with Crippen molar-refractivity contribution in [1.29, 1.82) is 0 Å². The number of amides is 1. The van der Waals surface area contributed by atoms with Crippen LogP contribution in [0, 0.1) is 6.92 Å². The molecule has 0 saturated carbocycles. The SMILES string of the molecule is Cc1nn(CC(=O)N2N=C(C(F)F)CC2(O)C(F)F)cc1Cl. The van der Waals surface area contributed by atoms with Gasteiger partial charge in [-0.15, -0.1) is 0 Å². The number of aromatic nitrogens is 2. The number of alkyl halides is 4. The van der Waals surface area contributed by atoms with Gasteiger partial charge >= 0.3 is 0 Å². The van der Waals surface area contributed by atoms with Crippen molar-refractivity contribution < 1.29 is 27.5 Å². The third kappa shape index (κ3) is 2.93. The Balaban J connectivity index is 2.24. The zero-order valence-corrected chi connectivity index (χ0v) is 11.9. The second kappa shape index (κ2) is 5.84. The summed E-state index contributed by atoms with van der Waals surface area (Å²) in [6, 6.07) is 0. The fourth-order valence-electron chi connectivity index (χ4n) is 1.93. The lowest BCUT2D eigenvalue weighted by Gasteiger charge is -2.29. The number of aliphatic hydroxyl groups is 1. The summed E-state index contributed by atoms with van der Waals surface area (Å²) >= 11 is 5.74. The van der Waals surface area contributed by atoms with Crippen molar-refractivity contribution in [3.8, 4) is 0 Å². The Kier molecular flexibility index (Phi) is 4.43. The number of hydrogen-bond donors (Lipinski definition) is 1. The predicted molar refractivity (Wildman–Crippen MR) is 67.8 cm³/mol. The van der Waals surface area contributed by atoms with E-state index in [9.17, 15) is 27.5 Å². The van der Waals surface area contributed by atoms with E-state index in [4.69, 9.17) is 11.6 Å². The Morgan fingerprint density at radius 2 is 2.14 bits per heavy atom. The number of hydrogen-bond acceptors (Lipinski definition) is 4. The van der Waals surface area contributed by atoms with Crippen molar-refractivity contribution in [3.63, 3.8) is 0 Å². The second-order valence-electron chi connectivity index (χ2n) is 4.71. The molecule has 0 aliphatic carbocycles. The van der Waals surface area contributed by atoms with E-state index in [1.165, 1.54) is 6.20 Å². The molecule has 1 aliphatic rings. The zero-order chi connectivity index (χ0) is 16.7. The number of carbonyl (C=O) groups excluding carboxylic acids is 1. The van der Waals surface area contributed by atoms with Crippen molar-refractivity contribution >= 4 is 23.2 Å². The maximum absolute atomic E-state index is 13.0. The van der Waals surface area contributed by atoms with Gasteiger partial charge in [0.25, 0.3) is 18.8 Å². The van der Waals surface area contributed by atoms with Crippen LogP contribution < -0.4 is 0 Å². The van der Waals surface area contributed by atoms with E-state index in [1.807, 2.05) is 0 Å². The molecule has 11 heteroatoms. The van der Waals surface area contributed by atoms with Crippen LogP contribution in [0.4, 0.5) is 17.6 Å². The minimum atomic E-state index is -3.46. The number of aryl methyl sites for hydroxylation is 1. The average molecular weight is 343 g/mol. The van der Waals surface area contributed by atoms with Crippen molar-refractivity contribution in [2.45, 2.75) is 38.5 Å². The van der Waals surface area contributed by atoms with Crippen LogP contribution in [0.15, 0.2) is 11.3 Å². The minimum Gasteiger partial charge on any atom is -0.364 e. The van der Waals surface area contributed by atoms with Crippen LogP contribution in [-0.2, 0) is 11.3 Å². The molecule has 1 aromatic heterocycles. The Hall–Kier alpha value is -1.68. The van der Waals surface area contributed by atoms with Gasteiger partial charge in [0, 0.05) is 12.6 Å². The monoisotopic (exact) mass is 342 g/mol. The normalized spacial score (nSPS) is 21.9. The molecular weight excluding hydrogens is 332 g/mol. The third-order valence-corrected chi connectivity index (χ3v) is 3.43. The first kappa shape index (κ1) is 16.7. The Morgan fingerprint density at radius 3 is 2.59 bits per heavy atom. The molecule has 1 unspecified atom stereocenters. The van der Waals surface area contributed by atoms with Crippen LogP contribution in [0.2, 0.25) is 5.02 Å². The van der Waals surface area contributed by atoms with Crippen LogP contribution >= 0.6 is 11.6 Å². The maximum Gasteiger partial charge on any atom is 0.287 e. The van der Waals surface area contributed by atoms with Gasteiger partial charge in [0.1, 0.15) is 12.3 Å². The van der Waals surface area contributed by atoms with E-state index in [0.717, 1.165) is 4.68 Å². The van der Waals surface area contributed by atoms with Gasteiger partial charge in [-0.05, 0) is 6.92 Å². The van der Waals surface area contributed by atoms with Crippen molar-refractivity contribution in [3.05, 3.63) is 16.9 Å². The van der Waals surface area contributed by atoms with Gasteiger partial charge in [0.2, 0.25) is 5.72 Å². The summed E-state index contributed by atoms with van der Waals surface area (Å²) in [5, 5.41) is 17.0. The zero-order valence-electron chi connectivity index (χ0n) is 11.2. The molecule has 1 amide bonds. The van der Waals surface area contributed by atoms with Gasteiger partial charge in [0.15, 0.2) is 0 Å². The number of hydrazone groups is 1. The van der Waals surface area contributed by atoms with Crippen molar-refractivity contribution in [2.24, 2.45) is 5.10 Å². The van der Waals surface area contributed by atoms with E-state index < -0.39 is 43.2 Å². The highest BCUT2D eigenvalue weighted by atomic mass is 35.5. The number of halogens is 5. The molecule has 2 heterocycles. The highest BCUT2D eigenvalue weighted by molar-refractivity contribution is 6.31. The van der Waals surface area contributed by atoms with Gasteiger partial charge < -0.3 is 5.11 Å². The van der Waals surface area contributed by atoms with Crippen LogP contribution in [0.25, 0.3) is 0 Å². The first-order valence-corrected chi connectivity index (χ1v) is 6.41. The van der Waals surface area contributed by atoms with E-state index in [0.29, 0.717) is 5.69 Å². The highest BCUT2D eigenvalue weighted by Crippen LogP contribution is 2.33. The van der Waals surface area contributed by atoms with Crippen LogP contribution in [0.1, 0.15) is 12.1 Å². The van der Waals surface area contributed by atoms with Crippen LogP contribution in [0.5, 0.6) is 0 Å². The molecule has 6 nitrogen and oxygen atoms in total. The number of rotatable bonds is 4. The summed E-state index contributed by atoms with van der Waals surface area (Å²) in [6.07, 6.45) is -6.46. The van der Waals surface area contributed by atoms with E-state index in [1.54, 1.807) is 6.92 Å². The molecule has 0 fully saturated rings. The lowest BCUT2D eigenvalue weighted by atomic mass is 10.1. The lowest BCUT2D eigenvalue weighted by Crippen LogP contribution is -2.52. The first-order valence-electron chi connectivity index (χ1n) is 6.04. The first-order chi connectivity index (χ1) is 10.1. The quantitative estimate of drug-likeness (QED) is 0.846. The predicted octanol–water partition coefficient (Wildman–Crippen LogP) is 1.65. The number of carbonyl (C=O) groups is 1. The van der Waals surface area contributed by atoms with Gasteiger partial charge in [0.05, 0.1) is 10.7 Å². The summed E-state index contributed by atoms with van der Waals surface area (Å²) in [5.74, 6) is -1.11. The molecule has 0 saturated heterocycles. The van der Waals surface area contributed by atoms with Crippen LogP contribution in [-0.4, -0.2) is 50.1 Å². The molecule has 2 rings (SSSR count). The van der Waals surface area contributed by atoms with Crippen molar-refractivity contribution in [2.75, 3.05) is 0 Å². The molecule has 0 bridgehead atoms. The molecule has 0 radical (unpaired) electrons. The summed E-state index contributed by atoms with van der Waals surface area (Å²) in [5.41, 5.74) is -3.67. The molecule has 1 N–H and O–H groups in total. The topological polar surface area (TPSA) is 70.7 Å². The number of nitrogens with zero attached hydrogens (tertiary/aromatic N) is 4. The second-order valence-corrected chi connectivity index (χ2v) is 5.12. The smallest absolute Gasteiger partial charge is 0.287 e. The standard InChI is InChI=1S/C11H11ClF4N4O2/c1-5-6(12)3-19(17-5)4-8(21)20-11(22,10(15)16)2-7(18-20)9(13)14/h3,9-10,22H,2,4H2,1H3. The fraction of sp³-hybridized carbons (Fsp3) is 0.545. The van der Waals surface area contributed by atoms with Gasteiger partial charge in [-0.25, -0.2) is 17.6 Å². The third-order valence-electron chi connectivity index (χ3n) is 3.06. The van der Waals surface area contributed by atoms with E-state index >= 15 is 0 Å². The van der Waals surface area contributed by atoms with E-state index in [-0.39, 0.29) is 10.0 Å². The molecule has 122 valence electrons. The molecule has 1 aliphatic heterocycles. The molecule has 0 aromatic carbocycles. The van der Waals surface area contributed by atoms with Crippen molar-refractivity contribution in [1.82, 2.24) is 14.8 Å². The van der Waals surface area contributed by atoms with Gasteiger partial charge in [-0.1, -0.05) is 11.6 Å². The molecule has 0 spiro atoms. The van der Waals surface area contributed by atoms with Crippen LogP contribution in [0.3, 0.4) is 0 Å². The Labute approximate surface area is 126 Å². The largest absolute Gasteiger partial charge is 0.364 e. The average Bonchev–Trinajstić information content (AvgIpc) is 2.92. The Bertz CT molecular complexity index is 602. The molecule has 1 atom stereocenters. The molecule has 1 aromatic rings. The summed E-state index contributed by atoms with van der Waals surface area (Å²) in [6.45, 7) is 0.977. The lowest BCUT2D eigenvalue weighted by molar-refractivity contribution is -0.192. The Morgan fingerprint density at radius 1 is 1.50 bits per heavy atom. The summed E-state index contributed by atoms with van der Waals surface area (Å²) in [4.78, 5) is 12.0. The maximum atomic E-state index is 13.0. The molecular formula is C11H11ClF4N4O2. The highest BCUT2D eigenvalue weighted by Gasteiger charge is 2.53.